The van der Waals surface area contributed by atoms with Gasteiger partial charge in [-0.05, 0) is 60.3 Å². The Morgan fingerprint density at radius 3 is 2.76 bits per heavy atom. The maximum absolute atomic E-state index is 12.4. The van der Waals surface area contributed by atoms with E-state index >= 15 is 0 Å². The van der Waals surface area contributed by atoms with Gasteiger partial charge >= 0.3 is 0 Å². The first-order chi connectivity index (χ1) is 16.1. The third kappa shape index (κ3) is 3.98. The number of nitrogens with two attached hydrogens (primary N) is 1. The average Bonchev–Trinajstić information content (AvgIpc) is 3.22. The zero-order valence-electron chi connectivity index (χ0n) is 17.9. The molecular formula is C26H20N6O. The molecule has 1 aliphatic rings. The molecular weight excluding hydrogens is 412 g/mol. The lowest BCUT2D eigenvalue weighted by atomic mass is 10.1. The van der Waals surface area contributed by atoms with Gasteiger partial charge in [0.2, 0.25) is 0 Å². The second-order valence-corrected chi connectivity index (χ2v) is 7.63. The summed E-state index contributed by atoms with van der Waals surface area (Å²) in [6, 6.07) is 19.1. The summed E-state index contributed by atoms with van der Waals surface area (Å²) < 4.78 is 1.92. The number of aryl methyl sites for hydroxylation is 1. The number of hydrogen-bond donors (Lipinski definition) is 2. The van der Waals surface area contributed by atoms with E-state index in [-0.39, 0.29) is 5.91 Å². The van der Waals surface area contributed by atoms with Crippen molar-refractivity contribution in [2.45, 2.75) is 13.5 Å². The van der Waals surface area contributed by atoms with Crippen molar-refractivity contribution >= 4 is 17.5 Å². The number of fused-ring (bicyclic) bond motifs is 1. The van der Waals surface area contributed by atoms with Crippen molar-refractivity contribution in [2.24, 2.45) is 4.99 Å². The summed E-state index contributed by atoms with van der Waals surface area (Å²) in [5, 5.41) is 3.55. The van der Waals surface area contributed by atoms with E-state index in [4.69, 9.17) is 5.73 Å². The predicted molar refractivity (Wildman–Crippen MR) is 126 cm³/mol. The number of rotatable bonds is 5. The molecule has 0 aliphatic carbocycles. The van der Waals surface area contributed by atoms with Gasteiger partial charge in [0.1, 0.15) is 5.82 Å². The highest BCUT2D eigenvalue weighted by atomic mass is 16.1. The van der Waals surface area contributed by atoms with E-state index in [9.17, 15) is 4.79 Å². The fourth-order valence-electron chi connectivity index (χ4n) is 3.67. The van der Waals surface area contributed by atoms with Gasteiger partial charge in [-0.2, -0.15) is 0 Å². The first kappa shape index (κ1) is 20.2. The SMILES string of the molecule is Cc1cccc(C(=O)NCc2ccc(-n3c(-c4cccnc4N)nc4c3=NC=C=C=4)cc2)c1. The zero-order chi connectivity index (χ0) is 22.8. The Bertz CT molecular complexity index is 1570. The van der Waals surface area contributed by atoms with Gasteiger partial charge in [-0.3, -0.25) is 9.36 Å². The second kappa shape index (κ2) is 8.44. The van der Waals surface area contributed by atoms with E-state index in [2.05, 4.69) is 31.7 Å². The first-order valence-electron chi connectivity index (χ1n) is 10.4. The highest BCUT2D eigenvalue weighted by Crippen LogP contribution is 2.23. The van der Waals surface area contributed by atoms with Gasteiger partial charge < -0.3 is 11.1 Å². The van der Waals surface area contributed by atoms with Crippen LogP contribution in [0.25, 0.3) is 22.8 Å². The van der Waals surface area contributed by atoms with Gasteiger partial charge in [-0.15, -0.1) is 0 Å². The third-order valence-electron chi connectivity index (χ3n) is 5.30. The molecule has 2 aromatic heterocycles. The monoisotopic (exact) mass is 432 g/mol. The van der Waals surface area contributed by atoms with Crippen LogP contribution in [0.3, 0.4) is 0 Å². The van der Waals surface area contributed by atoms with E-state index < -0.39 is 0 Å². The molecule has 3 N–H and O–H groups in total. The first-order valence-corrected chi connectivity index (χ1v) is 10.4. The smallest absolute Gasteiger partial charge is 0.251 e. The summed E-state index contributed by atoms with van der Waals surface area (Å²) in [5.41, 5.74) is 16.9. The molecule has 160 valence electrons. The molecule has 4 aromatic rings. The molecule has 7 nitrogen and oxygen atoms in total. The summed E-state index contributed by atoms with van der Waals surface area (Å²) in [4.78, 5) is 25.8. The van der Waals surface area contributed by atoms with Crippen LogP contribution in [0.1, 0.15) is 21.5 Å². The van der Waals surface area contributed by atoms with Gasteiger partial charge in [0.15, 0.2) is 16.7 Å². The minimum atomic E-state index is -0.103. The maximum Gasteiger partial charge on any atom is 0.251 e. The number of anilines is 1. The van der Waals surface area contributed by atoms with E-state index in [1.165, 1.54) is 0 Å². The standard InChI is InChI=1S/C26H20N6O/c1-17-5-2-6-19(15-17)26(33)30-16-18-9-11-20(12-10-18)32-24(21-7-3-13-28-23(21)27)31-22-8-4-14-29-25(22)32/h2-3,5-7,9-15H,16H2,1H3,(H2,27,28)(H,30,33). The summed E-state index contributed by atoms with van der Waals surface area (Å²) in [7, 11) is 0. The molecule has 5 rings (SSSR count). The summed E-state index contributed by atoms with van der Waals surface area (Å²) in [6.45, 7) is 2.38. The number of pyridine rings is 1. The van der Waals surface area contributed by atoms with Crippen molar-refractivity contribution in [3.63, 3.8) is 0 Å². The van der Waals surface area contributed by atoms with Gasteiger partial charge in [-0.1, -0.05) is 29.8 Å². The molecule has 0 spiro atoms. The lowest BCUT2D eigenvalue weighted by Crippen LogP contribution is -2.29. The fourth-order valence-corrected chi connectivity index (χ4v) is 3.67. The van der Waals surface area contributed by atoms with Crippen LogP contribution in [0.4, 0.5) is 5.82 Å². The summed E-state index contributed by atoms with van der Waals surface area (Å²) >= 11 is 0. The third-order valence-corrected chi connectivity index (χ3v) is 5.30. The van der Waals surface area contributed by atoms with Crippen molar-refractivity contribution in [2.75, 3.05) is 5.73 Å². The Kier molecular flexibility index (Phi) is 5.17. The van der Waals surface area contributed by atoms with Gasteiger partial charge in [0, 0.05) is 24.0 Å². The maximum atomic E-state index is 12.4. The number of imidazole rings is 1. The number of amides is 1. The van der Waals surface area contributed by atoms with Crippen LogP contribution >= 0.6 is 0 Å². The Hall–Kier alpha value is -4.70. The molecule has 0 saturated carbocycles. The van der Waals surface area contributed by atoms with Crippen LogP contribution in [0, 0.1) is 6.92 Å². The quantitative estimate of drug-likeness (QED) is 0.473. The van der Waals surface area contributed by atoms with E-state index in [0.717, 1.165) is 16.8 Å². The number of carbonyl (C=O) groups excluding carboxylic acids is 1. The molecule has 2 aromatic carbocycles. The average molecular weight is 432 g/mol. The highest BCUT2D eigenvalue weighted by molar-refractivity contribution is 5.94. The van der Waals surface area contributed by atoms with E-state index in [1.807, 2.05) is 72.2 Å². The lowest BCUT2D eigenvalue weighted by molar-refractivity contribution is 0.0951. The molecule has 7 heteroatoms. The molecule has 0 bridgehead atoms. The molecule has 0 atom stereocenters. The van der Waals surface area contributed by atoms with Crippen molar-refractivity contribution in [1.29, 1.82) is 0 Å². The number of hydrogen-bond acceptors (Lipinski definition) is 5. The van der Waals surface area contributed by atoms with E-state index in [1.54, 1.807) is 12.4 Å². The highest BCUT2D eigenvalue weighted by Gasteiger charge is 2.16. The number of carbonyl (C=O) groups is 1. The molecule has 0 unspecified atom stereocenters. The van der Waals surface area contributed by atoms with Crippen LogP contribution in [0.2, 0.25) is 0 Å². The fraction of sp³-hybridized carbons (Fsp3) is 0.0769. The Morgan fingerprint density at radius 2 is 1.97 bits per heavy atom. The normalized spacial score (nSPS) is 11.4. The van der Waals surface area contributed by atoms with Crippen molar-refractivity contribution in [3.8, 4) is 17.1 Å². The van der Waals surface area contributed by atoms with Crippen LogP contribution < -0.4 is 21.9 Å². The van der Waals surface area contributed by atoms with Crippen LogP contribution in [0.5, 0.6) is 0 Å². The molecule has 0 radical (unpaired) electrons. The molecule has 3 heterocycles. The largest absolute Gasteiger partial charge is 0.383 e. The van der Waals surface area contributed by atoms with Crippen LogP contribution in [-0.2, 0) is 6.54 Å². The molecule has 1 aliphatic heterocycles. The number of aromatic nitrogens is 3. The van der Waals surface area contributed by atoms with Crippen LogP contribution in [-0.4, -0.2) is 20.4 Å². The van der Waals surface area contributed by atoms with Crippen molar-refractivity contribution in [3.05, 3.63) is 106 Å². The summed E-state index contributed by atoms with van der Waals surface area (Å²) in [5.74, 6) is 0.904. The minimum Gasteiger partial charge on any atom is -0.383 e. The topological polar surface area (TPSA) is 98.2 Å². The molecule has 33 heavy (non-hydrogen) atoms. The number of nitrogens with one attached hydrogen (secondary N) is 1. The molecule has 1 amide bonds. The Balaban J connectivity index is 1.45. The molecule has 0 fully saturated rings. The summed E-state index contributed by atoms with van der Waals surface area (Å²) in [6.07, 6.45) is 3.20. The Morgan fingerprint density at radius 1 is 1.12 bits per heavy atom. The molecule has 0 saturated heterocycles. The number of benzene rings is 2. The van der Waals surface area contributed by atoms with Crippen molar-refractivity contribution in [1.82, 2.24) is 19.9 Å². The van der Waals surface area contributed by atoms with E-state index in [0.29, 0.717) is 40.2 Å². The van der Waals surface area contributed by atoms with Crippen LogP contribution in [0.15, 0.2) is 83.8 Å². The number of nitrogen functional groups attached to an aromatic ring is 1. The Labute approximate surface area is 190 Å². The second-order valence-electron chi connectivity index (χ2n) is 7.63. The van der Waals surface area contributed by atoms with Gasteiger partial charge in [0.25, 0.3) is 5.91 Å². The van der Waals surface area contributed by atoms with Gasteiger partial charge in [-0.25, -0.2) is 15.0 Å². The zero-order valence-corrected chi connectivity index (χ0v) is 17.9. The minimum absolute atomic E-state index is 0.103. The predicted octanol–water partition coefficient (Wildman–Crippen LogP) is 2.44. The van der Waals surface area contributed by atoms with Crippen molar-refractivity contribution < 1.29 is 4.79 Å². The number of nitrogens with zero attached hydrogens (tertiary/aromatic N) is 4. The lowest BCUT2D eigenvalue weighted by Gasteiger charge is -2.11. The van der Waals surface area contributed by atoms with Gasteiger partial charge in [0.05, 0.1) is 11.8 Å².